The predicted molar refractivity (Wildman–Crippen MR) is 110 cm³/mol. The van der Waals surface area contributed by atoms with Crippen LogP contribution in [-0.4, -0.2) is 35.8 Å². The highest BCUT2D eigenvalue weighted by molar-refractivity contribution is 5.95. The number of piperidine rings is 1. The van der Waals surface area contributed by atoms with Crippen LogP contribution in [-0.2, 0) is 14.3 Å². The number of carbonyl (C=O) groups is 3. The maximum Gasteiger partial charge on any atom is 0.339 e. The van der Waals surface area contributed by atoms with Crippen LogP contribution in [0.3, 0.4) is 0 Å². The van der Waals surface area contributed by atoms with E-state index in [-0.39, 0.29) is 17.9 Å². The third-order valence-electron chi connectivity index (χ3n) is 4.86. The Morgan fingerprint density at radius 1 is 1.00 bits per heavy atom. The van der Waals surface area contributed by atoms with Crippen LogP contribution in [0.2, 0.25) is 0 Å². The predicted octanol–water partition coefficient (Wildman–Crippen LogP) is 3.45. The highest BCUT2D eigenvalue weighted by Gasteiger charge is 2.30. The number of nitrogens with one attached hydrogen (secondary N) is 1. The first-order valence-corrected chi connectivity index (χ1v) is 9.90. The molecule has 1 saturated heterocycles. The summed E-state index contributed by atoms with van der Waals surface area (Å²) in [7, 11) is 0. The molecule has 0 aromatic heterocycles. The van der Waals surface area contributed by atoms with Gasteiger partial charge in [-0.05, 0) is 43.5 Å². The molecule has 0 saturated carbocycles. The average Bonchev–Trinajstić information content (AvgIpc) is 2.78. The second-order valence-corrected chi connectivity index (χ2v) is 7.04. The number of carbonyl (C=O) groups excluding carboxylic acids is 3. The van der Waals surface area contributed by atoms with Crippen molar-refractivity contribution >= 4 is 23.5 Å². The first kappa shape index (κ1) is 21.1. The Bertz CT molecular complexity index is 929. The number of benzene rings is 2. The third-order valence-corrected chi connectivity index (χ3v) is 4.86. The van der Waals surface area contributed by atoms with Crippen LogP contribution in [0.25, 0.3) is 0 Å². The van der Waals surface area contributed by atoms with Crippen LogP contribution < -0.4 is 5.32 Å². The minimum atomic E-state index is -1.01. The number of rotatable bonds is 6. The van der Waals surface area contributed by atoms with Crippen LogP contribution in [0.15, 0.2) is 54.6 Å². The third kappa shape index (κ3) is 5.45. The van der Waals surface area contributed by atoms with Gasteiger partial charge in [0.15, 0.2) is 0 Å². The van der Waals surface area contributed by atoms with Crippen LogP contribution >= 0.6 is 0 Å². The van der Waals surface area contributed by atoms with Crippen molar-refractivity contribution in [3.63, 3.8) is 0 Å². The number of anilines is 1. The molecule has 0 radical (unpaired) electrons. The van der Waals surface area contributed by atoms with E-state index >= 15 is 0 Å². The number of likely N-dealkylation sites (tertiary alicyclic amines) is 1. The Labute approximate surface area is 175 Å². The lowest BCUT2D eigenvalue weighted by Gasteiger charge is -2.30. The molecular formula is C23H23N3O4. The maximum absolute atomic E-state index is 13.1. The number of hydrogen-bond acceptors (Lipinski definition) is 5. The van der Waals surface area contributed by atoms with Crippen LogP contribution in [0, 0.1) is 11.3 Å². The van der Waals surface area contributed by atoms with E-state index in [2.05, 4.69) is 5.32 Å². The quantitative estimate of drug-likeness (QED) is 0.742. The number of hydrogen-bond donors (Lipinski definition) is 1. The van der Waals surface area contributed by atoms with E-state index in [1.807, 2.05) is 6.07 Å². The molecule has 0 bridgehead atoms. The van der Waals surface area contributed by atoms with Crippen molar-refractivity contribution in [3.05, 3.63) is 65.7 Å². The molecule has 7 nitrogen and oxygen atoms in total. The first-order valence-electron chi connectivity index (χ1n) is 9.90. The Morgan fingerprint density at radius 3 is 2.30 bits per heavy atom. The van der Waals surface area contributed by atoms with E-state index in [4.69, 9.17) is 10.00 Å². The molecule has 154 valence electrons. The van der Waals surface area contributed by atoms with Gasteiger partial charge in [-0.2, -0.15) is 5.26 Å². The zero-order chi connectivity index (χ0) is 21.3. The van der Waals surface area contributed by atoms with Crippen LogP contribution in [0.1, 0.15) is 47.7 Å². The van der Waals surface area contributed by atoms with Crippen molar-refractivity contribution in [2.75, 3.05) is 18.4 Å². The minimum Gasteiger partial charge on any atom is -0.444 e. The molecule has 1 atom stereocenters. The summed E-state index contributed by atoms with van der Waals surface area (Å²) in [6.07, 6.45) is 1.73. The number of nitriles is 1. The summed E-state index contributed by atoms with van der Waals surface area (Å²) < 4.78 is 5.64. The second kappa shape index (κ2) is 10.2. The molecule has 2 aromatic carbocycles. The molecule has 7 heteroatoms. The molecule has 2 amide bonds. The fourth-order valence-corrected chi connectivity index (χ4v) is 3.31. The van der Waals surface area contributed by atoms with Gasteiger partial charge in [0, 0.05) is 24.3 Å². The van der Waals surface area contributed by atoms with Crippen LogP contribution in [0.5, 0.6) is 0 Å². The van der Waals surface area contributed by atoms with Crippen LogP contribution in [0.4, 0.5) is 5.69 Å². The van der Waals surface area contributed by atoms with Gasteiger partial charge in [-0.3, -0.25) is 9.59 Å². The molecular weight excluding hydrogens is 382 g/mol. The molecule has 1 fully saturated rings. The Balaban J connectivity index is 1.73. The number of amides is 2. The normalized spacial score (nSPS) is 14.3. The summed E-state index contributed by atoms with van der Waals surface area (Å²) in [5, 5.41) is 11.1. The molecule has 30 heavy (non-hydrogen) atoms. The second-order valence-electron chi connectivity index (χ2n) is 7.04. The highest BCUT2D eigenvalue weighted by atomic mass is 16.5. The summed E-state index contributed by atoms with van der Waals surface area (Å²) in [4.78, 5) is 39.0. The summed E-state index contributed by atoms with van der Waals surface area (Å²) in [6.45, 7) is 1.33. The van der Waals surface area contributed by atoms with Crippen molar-refractivity contribution < 1.29 is 19.1 Å². The summed E-state index contributed by atoms with van der Waals surface area (Å²) >= 11 is 0. The highest BCUT2D eigenvalue weighted by Crippen LogP contribution is 2.24. The first-order chi connectivity index (χ1) is 14.6. The van der Waals surface area contributed by atoms with E-state index < -0.39 is 18.0 Å². The molecule has 3 rings (SSSR count). The van der Waals surface area contributed by atoms with Crippen molar-refractivity contribution in [1.29, 1.82) is 5.26 Å². The van der Waals surface area contributed by atoms with Gasteiger partial charge in [-0.1, -0.05) is 30.3 Å². The van der Waals surface area contributed by atoms with Gasteiger partial charge < -0.3 is 15.0 Å². The summed E-state index contributed by atoms with van der Waals surface area (Å²) in [5.41, 5.74) is 1.36. The lowest BCUT2D eigenvalue weighted by molar-refractivity contribution is -0.142. The minimum absolute atomic E-state index is 0.213. The largest absolute Gasteiger partial charge is 0.444 e. The molecule has 1 aliphatic rings. The van der Waals surface area contributed by atoms with Crippen molar-refractivity contribution in [2.45, 2.75) is 31.8 Å². The molecule has 1 aliphatic heterocycles. The van der Waals surface area contributed by atoms with Gasteiger partial charge in [-0.15, -0.1) is 0 Å². The Morgan fingerprint density at radius 2 is 1.67 bits per heavy atom. The zero-order valence-corrected chi connectivity index (χ0v) is 16.5. The van der Waals surface area contributed by atoms with Crippen molar-refractivity contribution in [2.24, 2.45) is 0 Å². The van der Waals surface area contributed by atoms with E-state index in [1.165, 1.54) is 12.1 Å². The number of esters is 1. The Hall–Kier alpha value is -3.66. The molecule has 1 N–H and O–H groups in total. The van der Waals surface area contributed by atoms with Crippen molar-refractivity contribution in [1.82, 2.24) is 4.90 Å². The van der Waals surface area contributed by atoms with Gasteiger partial charge in [0.2, 0.25) is 12.0 Å². The fourth-order valence-electron chi connectivity index (χ4n) is 3.31. The van der Waals surface area contributed by atoms with Gasteiger partial charge in [-0.25, -0.2) is 4.79 Å². The van der Waals surface area contributed by atoms with E-state index in [0.717, 1.165) is 19.3 Å². The standard InChI is InChI=1S/C23H23N3O4/c24-14-13-20(27)25-19-11-9-18(10-12-19)23(29)30-21(17-7-3-1-4-8-17)22(28)26-15-5-2-6-16-26/h1,3-4,7-12,21H,2,5-6,13,15-16H2,(H,25,27)/t21-/m1/s1. The molecule has 2 aromatic rings. The SMILES string of the molecule is N#CCC(=O)Nc1ccc(C(=O)O[C@@H](C(=O)N2CCCCC2)c2ccccc2)cc1. The van der Waals surface area contributed by atoms with Gasteiger partial charge >= 0.3 is 5.97 Å². The summed E-state index contributed by atoms with van der Waals surface area (Å²) in [6, 6.07) is 16.9. The number of nitrogens with zero attached hydrogens (tertiary/aromatic N) is 2. The van der Waals surface area contributed by atoms with E-state index in [1.54, 1.807) is 47.4 Å². The monoisotopic (exact) mass is 405 g/mol. The van der Waals surface area contributed by atoms with E-state index in [9.17, 15) is 14.4 Å². The van der Waals surface area contributed by atoms with Gasteiger partial charge in [0.1, 0.15) is 6.42 Å². The summed E-state index contributed by atoms with van der Waals surface area (Å²) in [5.74, 6) is -1.26. The van der Waals surface area contributed by atoms with E-state index in [0.29, 0.717) is 24.3 Å². The topological polar surface area (TPSA) is 99.5 Å². The Kier molecular flexibility index (Phi) is 7.17. The fraction of sp³-hybridized carbons (Fsp3) is 0.304. The maximum atomic E-state index is 13.1. The average molecular weight is 405 g/mol. The van der Waals surface area contributed by atoms with Crippen molar-refractivity contribution in [3.8, 4) is 6.07 Å². The van der Waals surface area contributed by atoms with Gasteiger partial charge in [0.25, 0.3) is 5.91 Å². The molecule has 0 spiro atoms. The van der Waals surface area contributed by atoms with Gasteiger partial charge in [0.05, 0.1) is 11.6 Å². The smallest absolute Gasteiger partial charge is 0.339 e. The zero-order valence-electron chi connectivity index (χ0n) is 16.5. The molecule has 0 aliphatic carbocycles. The lowest BCUT2D eigenvalue weighted by Crippen LogP contribution is -2.40. The molecule has 1 heterocycles. The number of ether oxygens (including phenoxy) is 1. The lowest BCUT2D eigenvalue weighted by atomic mass is 10.1. The molecule has 0 unspecified atom stereocenters.